The van der Waals surface area contributed by atoms with Gasteiger partial charge in [-0.3, -0.25) is 14.6 Å². The summed E-state index contributed by atoms with van der Waals surface area (Å²) in [7, 11) is 0. The number of hydrogen-bond donors (Lipinski definition) is 2. The van der Waals surface area contributed by atoms with Gasteiger partial charge in [-0.25, -0.2) is 9.99 Å². The van der Waals surface area contributed by atoms with Crippen molar-refractivity contribution < 1.29 is 27.9 Å². The second-order valence-corrected chi connectivity index (χ2v) is 10.6. The number of carbonyl (C=O) groups excluding carboxylic acids is 2. The van der Waals surface area contributed by atoms with Crippen molar-refractivity contribution in [2.45, 2.75) is 38.0 Å². The van der Waals surface area contributed by atoms with Gasteiger partial charge in [-0.2, -0.15) is 23.7 Å². The number of benzene rings is 2. The molecule has 0 aliphatic carbocycles. The van der Waals surface area contributed by atoms with Gasteiger partial charge in [0.2, 0.25) is 0 Å². The van der Waals surface area contributed by atoms with Crippen LogP contribution < -0.4 is 5.32 Å². The third-order valence-corrected chi connectivity index (χ3v) is 7.87. The normalized spacial score (nSPS) is 18.7. The van der Waals surface area contributed by atoms with Gasteiger partial charge in [0.05, 0.1) is 34.8 Å². The SMILES string of the molecule is CC12CCCN1N(Cc1cccc(C#N)c1)C(=O)C(C(=O)Nc1ccc(C(F)(F)F)cc1-c1cnc(Cl)c(C#N)c1)=C2O. The van der Waals surface area contributed by atoms with Crippen molar-refractivity contribution in [3.8, 4) is 23.3 Å². The lowest BCUT2D eigenvalue weighted by Crippen LogP contribution is -2.60. The van der Waals surface area contributed by atoms with Crippen LogP contribution in [0, 0.1) is 22.7 Å². The number of amides is 2. The number of nitrogens with zero attached hydrogens (tertiary/aromatic N) is 5. The van der Waals surface area contributed by atoms with Crippen LogP contribution in [0.3, 0.4) is 0 Å². The Bertz CT molecular complexity index is 1780. The largest absolute Gasteiger partial charge is 0.509 e. The molecule has 3 heterocycles. The molecule has 5 rings (SSSR count). The van der Waals surface area contributed by atoms with Gasteiger partial charge in [0, 0.05) is 29.6 Å². The van der Waals surface area contributed by atoms with E-state index in [1.54, 1.807) is 36.2 Å². The van der Waals surface area contributed by atoms with Gasteiger partial charge in [0.1, 0.15) is 22.6 Å². The first-order valence-corrected chi connectivity index (χ1v) is 13.4. The Kier molecular flexibility index (Phi) is 7.61. The Morgan fingerprint density at radius 1 is 1.19 bits per heavy atom. The van der Waals surface area contributed by atoms with Crippen LogP contribution in [-0.4, -0.2) is 44.0 Å². The van der Waals surface area contributed by atoms with E-state index < -0.39 is 40.4 Å². The molecule has 1 saturated heterocycles. The first-order valence-electron chi connectivity index (χ1n) is 13.0. The first kappa shape index (κ1) is 29.6. The average Bonchev–Trinajstić information content (AvgIpc) is 3.38. The quantitative estimate of drug-likeness (QED) is 0.280. The lowest BCUT2D eigenvalue weighted by Gasteiger charge is -2.46. The molecule has 2 aliphatic rings. The molecule has 0 saturated carbocycles. The molecule has 0 radical (unpaired) electrons. The van der Waals surface area contributed by atoms with E-state index in [1.807, 2.05) is 12.1 Å². The van der Waals surface area contributed by atoms with Gasteiger partial charge in [-0.1, -0.05) is 23.7 Å². The number of alkyl halides is 3. The third-order valence-electron chi connectivity index (χ3n) is 7.57. The van der Waals surface area contributed by atoms with E-state index in [0.29, 0.717) is 30.5 Å². The summed E-state index contributed by atoms with van der Waals surface area (Å²) in [6.07, 6.45) is -2.52. The highest BCUT2D eigenvalue weighted by Crippen LogP contribution is 2.42. The highest BCUT2D eigenvalue weighted by molar-refractivity contribution is 6.30. The molecule has 1 unspecified atom stereocenters. The number of rotatable bonds is 5. The number of nitrogens with one attached hydrogen (secondary N) is 1. The Morgan fingerprint density at radius 2 is 1.95 bits per heavy atom. The Labute approximate surface area is 249 Å². The number of fused-ring (bicyclic) bond motifs is 1. The van der Waals surface area contributed by atoms with Crippen molar-refractivity contribution in [2.24, 2.45) is 0 Å². The molecule has 1 fully saturated rings. The zero-order valence-electron chi connectivity index (χ0n) is 22.5. The average molecular weight is 607 g/mol. The van der Waals surface area contributed by atoms with Gasteiger partial charge in [-0.05, 0) is 61.7 Å². The van der Waals surface area contributed by atoms with Crippen LogP contribution in [0.25, 0.3) is 11.1 Å². The fraction of sp³-hybridized carbons (Fsp3) is 0.233. The molecule has 2 amide bonds. The molecule has 3 aromatic rings. The third kappa shape index (κ3) is 5.39. The number of anilines is 1. The zero-order valence-corrected chi connectivity index (χ0v) is 23.3. The van der Waals surface area contributed by atoms with Crippen LogP contribution in [0.4, 0.5) is 18.9 Å². The molecule has 1 atom stereocenters. The van der Waals surface area contributed by atoms with Crippen molar-refractivity contribution in [3.63, 3.8) is 0 Å². The molecule has 0 spiro atoms. The number of hydrogen-bond acceptors (Lipinski definition) is 7. The summed E-state index contributed by atoms with van der Waals surface area (Å²) in [5, 5.41) is 35.3. The summed E-state index contributed by atoms with van der Waals surface area (Å²) in [4.78, 5) is 31.4. The maximum atomic E-state index is 13.8. The van der Waals surface area contributed by atoms with E-state index in [0.717, 1.165) is 24.4 Å². The van der Waals surface area contributed by atoms with E-state index in [2.05, 4.69) is 10.3 Å². The fourth-order valence-corrected chi connectivity index (χ4v) is 5.53. The summed E-state index contributed by atoms with van der Waals surface area (Å²) in [5.41, 5.74) is -1.97. The van der Waals surface area contributed by atoms with Crippen LogP contribution in [0.5, 0.6) is 0 Å². The number of aliphatic hydroxyl groups is 1. The van der Waals surface area contributed by atoms with E-state index in [4.69, 9.17) is 11.6 Å². The smallest absolute Gasteiger partial charge is 0.416 e. The number of halogens is 4. The van der Waals surface area contributed by atoms with Gasteiger partial charge >= 0.3 is 6.18 Å². The summed E-state index contributed by atoms with van der Waals surface area (Å²) < 4.78 is 40.9. The molecule has 9 nitrogen and oxygen atoms in total. The molecule has 218 valence electrons. The molecule has 13 heteroatoms. The minimum absolute atomic E-state index is 0.00686. The molecule has 0 bridgehead atoms. The van der Waals surface area contributed by atoms with E-state index in [-0.39, 0.29) is 34.1 Å². The number of pyridine rings is 1. The number of hydrazine groups is 1. The standard InChI is InChI=1S/C30H22ClF3N6O3/c1-29-8-3-9-40(29)39(16-18-5-2-4-17(10-18)13-35)28(43)24(25(29)41)27(42)38-23-7-6-21(30(32,33)34)12-22(23)20-11-19(14-36)26(31)37-15-20/h2,4-7,10-12,15,41H,3,8-9,16H2,1H3,(H,38,42). The Hall–Kier alpha value is -4.91. The van der Waals surface area contributed by atoms with Gasteiger partial charge < -0.3 is 10.4 Å². The monoisotopic (exact) mass is 606 g/mol. The Balaban J connectivity index is 1.56. The molecule has 2 aromatic carbocycles. The number of aromatic nitrogens is 1. The van der Waals surface area contributed by atoms with E-state index in [9.17, 15) is 38.4 Å². The number of aliphatic hydroxyl groups excluding tert-OH is 1. The first-order chi connectivity index (χ1) is 20.4. The van der Waals surface area contributed by atoms with Crippen molar-refractivity contribution in [3.05, 3.63) is 93.5 Å². The van der Waals surface area contributed by atoms with Gasteiger partial charge in [0.15, 0.2) is 0 Å². The van der Waals surface area contributed by atoms with E-state index in [1.165, 1.54) is 11.1 Å². The predicted octanol–water partition coefficient (Wildman–Crippen LogP) is 5.73. The summed E-state index contributed by atoms with van der Waals surface area (Å²) in [6.45, 7) is 2.13. The topological polar surface area (TPSA) is 133 Å². The Morgan fingerprint density at radius 3 is 2.65 bits per heavy atom. The van der Waals surface area contributed by atoms with E-state index >= 15 is 0 Å². The lowest BCUT2D eigenvalue weighted by molar-refractivity contribution is -0.160. The maximum Gasteiger partial charge on any atom is 0.416 e. The van der Waals surface area contributed by atoms with Gasteiger partial charge in [-0.15, -0.1) is 0 Å². The summed E-state index contributed by atoms with van der Waals surface area (Å²) in [6, 6.07) is 14.3. The minimum Gasteiger partial charge on any atom is -0.509 e. The minimum atomic E-state index is -4.72. The number of nitriles is 2. The molecule has 43 heavy (non-hydrogen) atoms. The predicted molar refractivity (Wildman–Crippen MR) is 149 cm³/mol. The molecular formula is C30H22ClF3N6O3. The molecule has 1 aromatic heterocycles. The van der Waals surface area contributed by atoms with Crippen LogP contribution in [0.2, 0.25) is 5.15 Å². The van der Waals surface area contributed by atoms with Gasteiger partial charge in [0.25, 0.3) is 11.8 Å². The van der Waals surface area contributed by atoms with Crippen molar-refractivity contribution in [2.75, 3.05) is 11.9 Å². The van der Waals surface area contributed by atoms with Crippen molar-refractivity contribution in [1.29, 1.82) is 10.5 Å². The highest BCUT2D eigenvalue weighted by atomic mass is 35.5. The van der Waals surface area contributed by atoms with Crippen LogP contribution in [0.1, 0.15) is 42.0 Å². The lowest BCUT2D eigenvalue weighted by atomic mass is 9.90. The fourth-order valence-electron chi connectivity index (χ4n) is 5.39. The summed E-state index contributed by atoms with van der Waals surface area (Å²) in [5.74, 6) is -2.30. The highest BCUT2D eigenvalue weighted by Gasteiger charge is 2.52. The maximum absolute atomic E-state index is 13.8. The van der Waals surface area contributed by atoms with Crippen LogP contribution >= 0.6 is 11.6 Å². The number of carbonyl (C=O) groups is 2. The van der Waals surface area contributed by atoms with Crippen LogP contribution in [-0.2, 0) is 22.3 Å². The molecule has 2 aliphatic heterocycles. The zero-order chi connectivity index (χ0) is 31.1. The van der Waals surface area contributed by atoms with Crippen LogP contribution in [0.15, 0.2) is 66.1 Å². The van der Waals surface area contributed by atoms with Crippen molar-refractivity contribution >= 4 is 29.1 Å². The molecule has 2 N–H and O–H groups in total. The van der Waals surface area contributed by atoms with Crippen molar-refractivity contribution in [1.82, 2.24) is 15.0 Å². The second-order valence-electron chi connectivity index (χ2n) is 10.3. The second kappa shape index (κ2) is 11.1. The molecular weight excluding hydrogens is 585 g/mol. The summed E-state index contributed by atoms with van der Waals surface area (Å²) >= 11 is 5.91.